The number of carbonyl (C=O) groups excluding carboxylic acids is 3. The number of rotatable bonds is 6. The lowest BCUT2D eigenvalue weighted by Crippen LogP contribution is -2.50. The van der Waals surface area contributed by atoms with E-state index in [2.05, 4.69) is 20.7 Å². The minimum Gasteiger partial charge on any atom is -0.349 e. The summed E-state index contributed by atoms with van der Waals surface area (Å²) in [5.41, 5.74) is 4.20. The molecule has 0 bridgehead atoms. The summed E-state index contributed by atoms with van der Waals surface area (Å²) in [4.78, 5) is 46.9. The Kier molecular flexibility index (Phi) is 8.30. The number of pyridine rings is 1. The molecule has 2 N–H and O–H groups in total. The predicted molar refractivity (Wildman–Crippen MR) is 156 cm³/mol. The number of nitrogens with one attached hydrogen (secondary N) is 2. The number of anilines is 1. The fraction of sp³-hybridized carbons (Fsp3) is 0.233. The molecule has 0 aliphatic carbocycles. The second-order valence-corrected chi connectivity index (χ2v) is 10.3. The summed E-state index contributed by atoms with van der Waals surface area (Å²) in [5, 5.41) is 10.2. The van der Waals surface area contributed by atoms with Gasteiger partial charge < -0.3 is 20.4 Å². The predicted octanol–water partition coefficient (Wildman–Crippen LogP) is 4.11. The normalized spacial score (nSPS) is 14.7. The molecule has 210 valence electrons. The molecule has 11 heteroatoms. The number of hydrogen-bond acceptors (Lipinski definition) is 5. The molecule has 0 spiro atoms. The van der Waals surface area contributed by atoms with Crippen molar-refractivity contribution >= 4 is 35.1 Å². The minimum atomic E-state index is -0.397. The molecule has 0 saturated carbocycles. The van der Waals surface area contributed by atoms with Gasteiger partial charge >= 0.3 is 6.03 Å². The van der Waals surface area contributed by atoms with E-state index >= 15 is 0 Å². The van der Waals surface area contributed by atoms with E-state index in [1.54, 1.807) is 44.9 Å². The number of urea groups is 1. The van der Waals surface area contributed by atoms with Crippen molar-refractivity contribution in [2.45, 2.75) is 33.0 Å². The molecular formula is C30H30ClN7O3. The molecule has 0 saturated heterocycles. The lowest BCUT2D eigenvalue weighted by atomic mass is 10.1. The Bertz CT molecular complexity index is 1570. The quantitative estimate of drug-likeness (QED) is 0.362. The van der Waals surface area contributed by atoms with Gasteiger partial charge in [0, 0.05) is 37.2 Å². The molecule has 1 aliphatic rings. The average molecular weight is 572 g/mol. The first kappa shape index (κ1) is 27.9. The Morgan fingerprint density at radius 2 is 1.83 bits per heavy atom. The highest BCUT2D eigenvalue weighted by Crippen LogP contribution is 2.30. The van der Waals surface area contributed by atoms with Gasteiger partial charge in [-0.1, -0.05) is 35.9 Å². The van der Waals surface area contributed by atoms with Crippen molar-refractivity contribution in [2.75, 3.05) is 18.0 Å². The van der Waals surface area contributed by atoms with E-state index < -0.39 is 6.03 Å². The second kappa shape index (κ2) is 12.2. The number of fused-ring (bicyclic) bond motifs is 1. The number of hydrogen-bond donors (Lipinski definition) is 2. The molecule has 1 aliphatic heterocycles. The zero-order chi connectivity index (χ0) is 28.9. The van der Waals surface area contributed by atoms with Gasteiger partial charge in [-0.25, -0.2) is 9.48 Å². The van der Waals surface area contributed by atoms with E-state index in [0.717, 1.165) is 22.6 Å². The van der Waals surface area contributed by atoms with Gasteiger partial charge in [0.05, 0.1) is 40.8 Å². The maximum absolute atomic E-state index is 13.9. The Balaban J connectivity index is 1.29. The third-order valence-electron chi connectivity index (χ3n) is 6.87. The fourth-order valence-corrected chi connectivity index (χ4v) is 4.96. The number of nitrogens with zero attached hydrogens (tertiary/aromatic N) is 5. The van der Waals surface area contributed by atoms with E-state index in [0.29, 0.717) is 16.3 Å². The van der Waals surface area contributed by atoms with Gasteiger partial charge in [0.1, 0.15) is 0 Å². The molecular weight excluding hydrogens is 542 g/mol. The van der Waals surface area contributed by atoms with E-state index in [9.17, 15) is 14.4 Å². The largest absolute Gasteiger partial charge is 0.349 e. The third-order valence-corrected chi connectivity index (χ3v) is 7.18. The Morgan fingerprint density at radius 3 is 2.56 bits per heavy atom. The number of carbonyl (C=O) groups is 3. The summed E-state index contributed by atoms with van der Waals surface area (Å²) in [6.45, 7) is 4.37. The van der Waals surface area contributed by atoms with Crippen LogP contribution in [0.25, 0.3) is 5.69 Å². The molecule has 41 heavy (non-hydrogen) atoms. The van der Waals surface area contributed by atoms with Crippen LogP contribution in [0.3, 0.4) is 0 Å². The van der Waals surface area contributed by atoms with Crippen LogP contribution in [0.4, 0.5) is 10.5 Å². The number of aromatic nitrogens is 3. The smallest absolute Gasteiger partial charge is 0.318 e. The first-order valence-corrected chi connectivity index (χ1v) is 13.6. The summed E-state index contributed by atoms with van der Waals surface area (Å²) in [6, 6.07) is 19.3. The number of aryl methyl sites for hydroxylation is 1. The van der Waals surface area contributed by atoms with E-state index in [1.807, 2.05) is 62.5 Å². The van der Waals surface area contributed by atoms with Crippen molar-refractivity contribution in [1.82, 2.24) is 30.3 Å². The van der Waals surface area contributed by atoms with Gasteiger partial charge in [-0.2, -0.15) is 5.10 Å². The van der Waals surface area contributed by atoms with Crippen LogP contribution >= 0.6 is 11.6 Å². The monoisotopic (exact) mass is 571 g/mol. The SMILES string of the molecule is Cc1ccn(-c2ccc(C(=O)N3C[C@@H](C)N(C(=O)NCC(=O)NCc4ccccn4)Cc4ccccc43)c(Cl)c2)n1. The second-order valence-electron chi connectivity index (χ2n) is 9.84. The Labute approximate surface area is 242 Å². The van der Waals surface area contributed by atoms with E-state index in [1.165, 1.54) is 0 Å². The van der Waals surface area contributed by atoms with Crippen LogP contribution < -0.4 is 15.5 Å². The lowest BCUT2D eigenvalue weighted by Gasteiger charge is -2.29. The standard InChI is InChI=1S/C30H30ClN7O3/c1-20-12-14-38(35-20)24-10-11-25(26(31)15-24)29(40)37-18-21(2)36(19-22-7-3-4-9-27(22)37)30(41)34-17-28(39)33-16-23-8-5-6-13-32-23/h3-15,21H,16-19H2,1-2H3,(H,33,39)(H,34,41)/t21-/m1/s1. The summed E-state index contributed by atoms with van der Waals surface area (Å²) in [5.74, 6) is -0.597. The molecule has 0 radical (unpaired) electrons. The maximum Gasteiger partial charge on any atom is 0.318 e. The summed E-state index contributed by atoms with van der Waals surface area (Å²) in [7, 11) is 0. The van der Waals surface area contributed by atoms with Crippen molar-refractivity contribution in [1.29, 1.82) is 0 Å². The van der Waals surface area contributed by atoms with Crippen LogP contribution in [0.1, 0.15) is 34.2 Å². The molecule has 10 nitrogen and oxygen atoms in total. The number of halogens is 1. The molecule has 5 rings (SSSR count). The van der Waals surface area contributed by atoms with Crippen molar-refractivity contribution in [3.05, 3.63) is 107 Å². The van der Waals surface area contributed by atoms with Crippen LogP contribution in [0.5, 0.6) is 0 Å². The number of para-hydroxylation sites is 1. The topological polar surface area (TPSA) is 112 Å². The molecule has 4 amide bonds. The molecule has 1 atom stereocenters. The van der Waals surface area contributed by atoms with Crippen LogP contribution in [-0.4, -0.2) is 56.6 Å². The highest BCUT2D eigenvalue weighted by molar-refractivity contribution is 6.34. The third kappa shape index (κ3) is 6.38. The average Bonchev–Trinajstić information content (AvgIpc) is 3.36. The van der Waals surface area contributed by atoms with Gasteiger partial charge in [0.15, 0.2) is 0 Å². The summed E-state index contributed by atoms with van der Waals surface area (Å²) < 4.78 is 1.70. The zero-order valence-corrected chi connectivity index (χ0v) is 23.5. The first-order valence-electron chi connectivity index (χ1n) is 13.2. The van der Waals surface area contributed by atoms with E-state index in [-0.39, 0.29) is 44.0 Å². The molecule has 0 unspecified atom stereocenters. The van der Waals surface area contributed by atoms with Crippen LogP contribution in [0, 0.1) is 6.92 Å². The van der Waals surface area contributed by atoms with E-state index in [4.69, 9.17) is 11.6 Å². The van der Waals surface area contributed by atoms with Crippen molar-refractivity contribution in [3.63, 3.8) is 0 Å². The number of benzene rings is 2. The minimum absolute atomic E-state index is 0.184. The van der Waals surface area contributed by atoms with Gasteiger partial charge in [-0.05, 0) is 61.9 Å². The summed E-state index contributed by atoms with van der Waals surface area (Å²) >= 11 is 6.61. The van der Waals surface area contributed by atoms with Crippen LogP contribution in [0.2, 0.25) is 5.02 Å². The molecule has 4 aromatic rings. The lowest BCUT2D eigenvalue weighted by molar-refractivity contribution is -0.120. The van der Waals surface area contributed by atoms with Crippen LogP contribution in [0.15, 0.2) is 79.1 Å². The van der Waals surface area contributed by atoms with Gasteiger partial charge in [-0.15, -0.1) is 0 Å². The molecule has 3 heterocycles. The van der Waals surface area contributed by atoms with Crippen LogP contribution in [-0.2, 0) is 17.9 Å². The van der Waals surface area contributed by atoms with Gasteiger partial charge in [0.25, 0.3) is 5.91 Å². The van der Waals surface area contributed by atoms with Crippen molar-refractivity contribution in [2.24, 2.45) is 0 Å². The highest BCUT2D eigenvalue weighted by Gasteiger charge is 2.32. The van der Waals surface area contributed by atoms with Crippen molar-refractivity contribution < 1.29 is 14.4 Å². The molecule has 2 aromatic heterocycles. The highest BCUT2D eigenvalue weighted by atomic mass is 35.5. The van der Waals surface area contributed by atoms with Gasteiger partial charge in [-0.3, -0.25) is 14.6 Å². The van der Waals surface area contributed by atoms with Gasteiger partial charge in [0.2, 0.25) is 5.91 Å². The van der Waals surface area contributed by atoms with Crippen molar-refractivity contribution in [3.8, 4) is 5.69 Å². The molecule has 0 fully saturated rings. The number of amides is 4. The first-order chi connectivity index (χ1) is 19.8. The molecule has 2 aromatic carbocycles. The zero-order valence-electron chi connectivity index (χ0n) is 22.8. The Hall–Kier alpha value is -4.70. The fourth-order valence-electron chi connectivity index (χ4n) is 4.71. The maximum atomic E-state index is 13.9. The Morgan fingerprint density at radius 1 is 1.02 bits per heavy atom. The summed E-state index contributed by atoms with van der Waals surface area (Å²) in [6.07, 6.45) is 3.49.